The molecule has 1 aromatic rings. The van der Waals surface area contributed by atoms with Gasteiger partial charge in [-0.05, 0) is 24.3 Å². The summed E-state index contributed by atoms with van der Waals surface area (Å²) in [7, 11) is 3.24. The molecule has 0 aliphatic carbocycles. The molecule has 0 aromatic heterocycles. The third-order valence-electron chi connectivity index (χ3n) is 2.06. The molecule has 4 nitrogen and oxygen atoms in total. The van der Waals surface area contributed by atoms with E-state index in [1.807, 2.05) is 24.3 Å². The zero-order valence-electron chi connectivity index (χ0n) is 10.1. The van der Waals surface area contributed by atoms with Crippen LogP contribution in [0, 0.1) is 0 Å². The Labute approximate surface area is 106 Å². The van der Waals surface area contributed by atoms with E-state index in [0.717, 1.165) is 10.6 Å². The second-order valence-electron chi connectivity index (χ2n) is 3.31. The zero-order valence-corrected chi connectivity index (χ0v) is 10.9. The average molecular weight is 255 g/mol. The van der Waals surface area contributed by atoms with Crippen molar-refractivity contribution in [1.29, 1.82) is 0 Å². The molecule has 0 aliphatic rings. The minimum absolute atomic E-state index is 0.0165. The van der Waals surface area contributed by atoms with Crippen LogP contribution in [0.3, 0.4) is 0 Å². The number of nitrogens with one attached hydrogen (secondary N) is 1. The molecule has 5 heteroatoms. The van der Waals surface area contributed by atoms with Gasteiger partial charge in [-0.25, -0.2) is 0 Å². The van der Waals surface area contributed by atoms with Crippen LogP contribution in [-0.4, -0.2) is 39.0 Å². The van der Waals surface area contributed by atoms with E-state index in [-0.39, 0.29) is 5.91 Å². The number of carbonyl (C=O) groups excluding carboxylic acids is 1. The van der Waals surface area contributed by atoms with Gasteiger partial charge in [0.2, 0.25) is 5.91 Å². The van der Waals surface area contributed by atoms with Crippen molar-refractivity contribution in [3.05, 3.63) is 24.3 Å². The maximum Gasteiger partial charge on any atom is 0.230 e. The highest BCUT2D eigenvalue weighted by atomic mass is 32.2. The standard InChI is InChI=1S/C12H17NO3S/c1-15-8-7-13-12(14)9-17-11-5-3-10(16-2)4-6-11/h3-6H,7-9H2,1-2H3,(H,13,14). The first-order valence-corrected chi connectivity index (χ1v) is 6.27. The molecule has 17 heavy (non-hydrogen) atoms. The second-order valence-corrected chi connectivity index (χ2v) is 4.36. The Balaban J connectivity index is 2.27. The van der Waals surface area contributed by atoms with E-state index in [1.54, 1.807) is 14.2 Å². The molecule has 94 valence electrons. The van der Waals surface area contributed by atoms with Crippen molar-refractivity contribution >= 4 is 17.7 Å². The van der Waals surface area contributed by atoms with Gasteiger partial charge in [-0.1, -0.05) is 0 Å². The Bertz CT molecular complexity index is 340. The Morgan fingerprint density at radius 1 is 1.29 bits per heavy atom. The van der Waals surface area contributed by atoms with Crippen molar-refractivity contribution in [3.63, 3.8) is 0 Å². The third-order valence-corrected chi connectivity index (χ3v) is 3.07. The van der Waals surface area contributed by atoms with Gasteiger partial charge in [0.05, 0.1) is 19.5 Å². The summed E-state index contributed by atoms with van der Waals surface area (Å²) in [6.07, 6.45) is 0. The summed E-state index contributed by atoms with van der Waals surface area (Å²) in [4.78, 5) is 12.5. The van der Waals surface area contributed by atoms with Crippen molar-refractivity contribution in [1.82, 2.24) is 5.32 Å². The SMILES string of the molecule is COCCNC(=O)CSc1ccc(OC)cc1. The molecule has 0 spiro atoms. The fourth-order valence-electron chi connectivity index (χ4n) is 1.16. The number of thioether (sulfide) groups is 1. The van der Waals surface area contributed by atoms with E-state index in [2.05, 4.69) is 5.32 Å². The largest absolute Gasteiger partial charge is 0.497 e. The van der Waals surface area contributed by atoms with E-state index in [1.165, 1.54) is 11.8 Å². The second kappa shape index (κ2) is 7.97. The van der Waals surface area contributed by atoms with Crippen LogP contribution >= 0.6 is 11.8 Å². The minimum atomic E-state index is 0.0165. The summed E-state index contributed by atoms with van der Waals surface area (Å²) in [6, 6.07) is 7.63. The molecule has 1 aromatic carbocycles. The fourth-order valence-corrected chi connectivity index (χ4v) is 1.89. The van der Waals surface area contributed by atoms with Gasteiger partial charge in [0.25, 0.3) is 0 Å². The quantitative estimate of drug-likeness (QED) is 0.593. The van der Waals surface area contributed by atoms with Gasteiger partial charge < -0.3 is 14.8 Å². The van der Waals surface area contributed by atoms with Crippen molar-refractivity contribution in [2.75, 3.05) is 33.1 Å². The highest BCUT2D eigenvalue weighted by Gasteiger charge is 2.02. The maximum absolute atomic E-state index is 11.4. The van der Waals surface area contributed by atoms with Gasteiger partial charge >= 0.3 is 0 Å². The molecule has 0 atom stereocenters. The predicted molar refractivity (Wildman–Crippen MR) is 68.6 cm³/mol. The summed E-state index contributed by atoms with van der Waals surface area (Å²) in [5.41, 5.74) is 0. The summed E-state index contributed by atoms with van der Waals surface area (Å²) in [5.74, 6) is 1.25. The summed E-state index contributed by atoms with van der Waals surface area (Å²) < 4.78 is 9.90. The lowest BCUT2D eigenvalue weighted by Crippen LogP contribution is -2.28. The highest BCUT2D eigenvalue weighted by Crippen LogP contribution is 2.20. The molecule has 1 N–H and O–H groups in total. The summed E-state index contributed by atoms with van der Waals surface area (Å²) in [5, 5.41) is 2.77. The number of benzene rings is 1. The van der Waals surface area contributed by atoms with Crippen LogP contribution in [0.25, 0.3) is 0 Å². The van der Waals surface area contributed by atoms with E-state index >= 15 is 0 Å². The predicted octanol–water partition coefficient (Wildman–Crippen LogP) is 1.55. The lowest BCUT2D eigenvalue weighted by atomic mass is 10.3. The lowest BCUT2D eigenvalue weighted by molar-refractivity contribution is -0.118. The van der Waals surface area contributed by atoms with Gasteiger partial charge in [0.15, 0.2) is 0 Å². The minimum Gasteiger partial charge on any atom is -0.497 e. The van der Waals surface area contributed by atoms with Crippen molar-refractivity contribution < 1.29 is 14.3 Å². The van der Waals surface area contributed by atoms with E-state index in [9.17, 15) is 4.79 Å². The molecule has 0 radical (unpaired) electrons. The van der Waals surface area contributed by atoms with Crippen LogP contribution in [0.15, 0.2) is 29.2 Å². The van der Waals surface area contributed by atoms with Crippen molar-refractivity contribution in [2.45, 2.75) is 4.90 Å². The highest BCUT2D eigenvalue weighted by molar-refractivity contribution is 8.00. The van der Waals surface area contributed by atoms with Gasteiger partial charge in [0, 0.05) is 18.6 Å². The number of methoxy groups -OCH3 is 2. The average Bonchev–Trinajstić information content (AvgIpc) is 2.37. The number of hydrogen-bond acceptors (Lipinski definition) is 4. The molecule has 0 aliphatic heterocycles. The van der Waals surface area contributed by atoms with Gasteiger partial charge in [0.1, 0.15) is 5.75 Å². The first-order chi connectivity index (χ1) is 8.26. The third kappa shape index (κ3) is 5.60. The van der Waals surface area contributed by atoms with Crippen molar-refractivity contribution in [2.24, 2.45) is 0 Å². The maximum atomic E-state index is 11.4. The Morgan fingerprint density at radius 3 is 2.59 bits per heavy atom. The van der Waals surface area contributed by atoms with Crippen LogP contribution in [0.1, 0.15) is 0 Å². The lowest BCUT2D eigenvalue weighted by Gasteiger charge is -2.05. The normalized spacial score (nSPS) is 10.0. The molecule has 0 heterocycles. The topological polar surface area (TPSA) is 47.6 Å². The summed E-state index contributed by atoms with van der Waals surface area (Å²) >= 11 is 1.50. The van der Waals surface area contributed by atoms with E-state index in [0.29, 0.717) is 18.9 Å². The van der Waals surface area contributed by atoms with Crippen LogP contribution in [0.4, 0.5) is 0 Å². The van der Waals surface area contributed by atoms with Gasteiger partial charge in [-0.15, -0.1) is 11.8 Å². The molecule has 0 unspecified atom stereocenters. The molecule has 0 saturated carbocycles. The molecular formula is C12H17NO3S. The van der Waals surface area contributed by atoms with E-state index in [4.69, 9.17) is 9.47 Å². The molecule has 0 bridgehead atoms. The van der Waals surface area contributed by atoms with Crippen molar-refractivity contribution in [3.8, 4) is 5.75 Å². The number of hydrogen-bond donors (Lipinski definition) is 1. The Kier molecular flexibility index (Phi) is 6.50. The first kappa shape index (κ1) is 13.9. The van der Waals surface area contributed by atoms with Crippen LogP contribution in [0.5, 0.6) is 5.75 Å². The first-order valence-electron chi connectivity index (χ1n) is 5.28. The molecule has 1 amide bonds. The smallest absolute Gasteiger partial charge is 0.230 e. The number of rotatable bonds is 7. The number of amides is 1. The van der Waals surface area contributed by atoms with Crippen LogP contribution in [-0.2, 0) is 9.53 Å². The zero-order chi connectivity index (χ0) is 12.5. The number of carbonyl (C=O) groups is 1. The van der Waals surface area contributed by atoms with E-state index < -0.39 is 0 Å². The molecule has 0 fully saturated rings. The number of ether oxygens (including phenoxy) is 2. The Hall–Kier alpha value is -1.20. The molecule has 1 rings (SSSR count). The van der Waals surface area contributed by atoms with Gasteiger partial charge in [-0.2, -0.15) is 0 Å². The van der Waals surface area contributed by atoms with Crippen LogP contribution < -0.4 is 10.1 Å². The molecular weight excluding hydrogens is 238 g/mol. The Morgan fingerprint density at radius 2 is 2.00 bits per heavy atom. The molecule has 0 saturated heterocycles. The van der Waals surface area contributed by atoms with Crippen LogP contribution in [0.2, 0.25) is 0 Å². The fraction of sp³-hybridized carbons (Fsp3) is 0.417. The van der Waals surface area contributed by atoms with Gasteiger partial charge in [-0.3, -0.25) is 4.79 Å². The monoisotopic (exact) mass is 255 g/mol. The summed E-state index contributed by atoms with van der Waals surface area (Å²) in [6.45, 7) is 1.09.